The molecule has 168 valence electrons. The highest BCUT2D eigenvalue weighted by Crippen LogP contribution is 2.28. The normalized spacial score (nSPS) is 15.6. The first kappa shape index (κ1) is 21.4. The van der Waals surface area contributed by atoms with Crippen LogP contribution in [0, 0.1) is 0 Å². The molecule has 1 saturated heterocycles. The number of amides is 1. The van der Waals surface area contributed by atoms with Gasteiger partial charge in [0, 0.05) is 24.0 Å². The van der Waals surface area contributed by atoms with Crippen LogP contribution in [0.4, 0.5) is 5.69 Å². The standard InChI is InChI=1S/C28H29N3O2/c1-33-26-11-7-21(8-12-26)27-13-9-24(18-29-27)28(32)30-25-10-6-22-16-20(4-5-23(22)17-25)19-31-14-2-3-15-31/h6-13,16-18H,2-5,14-15,19H2,1H3,(H,30,32). The fourth-order valence-corrected chi connectivity index (χ4v) is 4.64. The number of nitrogens with one attached hydrogen (secondary N) is 1. The van der Waals surface area contributed by atoms with Gasteiger partial charge in [-0.15, -0.1) is 0 Å². The summed E-state index contributed by atoms with van der Waals surface area (Å²) in [6, 6.07) is 17.6. The lowest BCUT2D eigenvalue weighted by atomic mass is 9.91. The Morgan fingerprint density at radius 1 is 1.03 bits per heavy atom. The van der Waals surface area contributed by atoms with Crippen LogP contribution in [0.5, 0.6) is 5.75 Å². The number of ether oxygens (including phenoxy) is 1. The molecule has 1 aliphatic heterocycles. The van der Waals surface area contributed by atoms with Gasteiger partial charge >= 0.3 is 0 Å². The second-order valence-electron chi connectivity index (χ2n) is 8.81. The number of nitrogens with zero attached hydrogens (tertiary/aromatic N) is 2. The molecule has 0 saturated carbocycles. The summed E-state index contributed by atoms with van der Waals surface area (Å²) < 4.78 is 5.20. The van der Waals surface area contributed by atoms with E-state index in [1.807, 2.05) is 42.5 Å². The minimum absolute atomic E-state index is 0.148. The van der Waals surface area contributed by atoms with E-state index in [1.165, 1.54) is 42.6 Å². The summed E-state index contributed by atoms with van der Waals surface area (Å²) in [5.41, 5.74) is 7.26. The maximum atomic E-state index is 12.8. The number of carbonyl (C=O) groups is 1. The number of pyridine rings is 1. The molecule has 0 atom stereocenters. The fraction of sp³-hybridized carbons (Fsp3) is 0.286. The van der Waals surface area contributed by atoms with Crippen LogP contribution in [-0.4, -0.2) is 42.5 Å². The summed E-state index contributed by atoms with van der Waals surface area (Å²) in [4.78, 5) is 19.8. The van der Waals surface area contributed by atoms with Gasteiger partial charge in [0.2, 0.25) is 0 Å². The topological polar surface area (TPSA) is 54.5 Å². The van der Waals surface area contributed by atoms with Gasteiger partial charge < -0.3 is 10.1 Å². The second kappa shape index (κ2) is 9.59. The van der Waals surface area contributed by atoms with Crippen LogP contribution in [0.15, 0.2) is 66.4 Å². The van der Waals surface area contributed by atoms with Gasteiger partial charge in [-0.3, -0.25) is 14.7 Å². The molecule has 0 bridgehead atoms. The molecular weight excluding hydrogens is 410 g/mol. The van der Waals surface area contributed by atoms with Gasteiger partial charge in [0.25, 0.3) is 5.91 Å². The van der Waals surface area contributed by atoms with Crippen LogP contribution in [0.3, 0.4) is 0 Å². The average molecular weight is 440 g/mol. The van der Waals surface area contributed by atoms with Crippen molar-refractivity contribution in [2.45, 2.75) is 25.7 Å². The number of benzene rings is 2. The number of anilines is 1. The van der Waals surface area contributed by atoms with Gasteiger partial charge in [-0.2, -0.15) is 0 Å². The van der Waals surface area contributed by atoms with Crippen molar-refractivity contribution in [2.75, 3.05) is 32.1 Å². The number of aryl methyl sites for hydroxylation is 1. The molecule has 2 aromatic carbocycles. The number of likely N-dealkylation sites (tertiary alicyclic amines) is 1. The van der Waals surface area contributed by atoms with Crippen molar-refractivity contribution in [2.24, 2.45) is 0 Å². The predicted octanol–water partition coefficient (Wildman–Crippen LogP) is 5.43. The van der Waals surface area contributed by atoms with Crippen LogP contribution in [0.1, 0.15) is 40.7 Å². The lowest BCUT2D eigenvalue weighted by Crippen LogP contribution is -2.23. The maximum absolute atomic E-state index is 12.8. The van der Waals surface area contributed by atoms with E-state index in [-0.39, 0.29) is 5.91 Å². The van der Waals surface area contributed by atoms with Crippen LogP contribution < -0.4 is 10.1 Å². The summed E-state index contributed by atoms with van der Waals surface area (Å²) >= 11 is 0. The van der Waals surface area contributed by atoms with Crippen LogP contribution in [-0.2, 0) is 6.42 Å². The molecule has 0 radical (unpaired) electrons. The van der Waals surface area contributed by atoms with Gasteiger partial charge in [-0.1, -0.05) is 17.7 Å². The Labute approximate surface area is 195 Å². The molecule has 2 aliphatic rings. The third-order valence-corrected chi connectivity index (χ3v) is 6.51. The molecule has 5 nitrogen and oxygen atoms in total. The van der Waals surface area contributed by atoms with Crippen LogP contribution in [0.2, 0.25) is 0 Å². The molecular formula is C28H29N3O2. The maximum Gasteiger partial charge on any atom is 0.257 e. The molecule has 1 amide bonds. The third kappa shape index (κ3) is 4.99. The van der Waals surface area contributed by atoms with Crippen molar-refractivity contribution in [3.05, 3.63) is 83.1 Å². The van der Waals surface area contributed by atoms with Crippen LogP contribution >= 0.6 is 0 Å². The number of hydrogen-bond donors (Lipinski definition) is 1. The van der Waals surface area contributed by atoms with Crippen molar-refractivity contribution in [1.29, 1.82) is 0 Å². The Bertz CT molecular complexity index is 1160. The first-order valence-corrected chi connectivity index (χ1v) is 11.6. The molecule has 1 aliphatic carbocycles. The molecule has 1 N–H and O–H groups in total. The average Bonchev–Trinajstić information content (AvgIpc) is 3.37. The highest BCUT2D eigenvalue weighted by molar-refractivity contribution is 6.04. The lowest BCUT2D eigenvalue weighted by molar-refractivity contribution is 0.102. The fourth-order valence-electron chi connectivity index (χ4n) is 4.64. The summed E-state index contributed by atoms with van der Waals surface area (Å²) in [7, 11) is 1.65. The number of aromatic nitrogens is 1. The summed E-state index contributed by atoms with van der Waals surface area (Å²) in [5.74, 6) is 0.655. The molecule has 5 heteroatoms. The van der Waals surface area contributed by atoms with Crippen molar-refractivity contribution >= 4 is 17.7 Å². The first-order chi connectivity index (χ1) is 16.2. The van der Waals surface area contributed by atoms with Gasteiger partial charge in [-0.05, 0) is 98.4 Å². The van der Waals surface area contributed by atoms with E-state index in [0.29, 0.717) is 5.56 Å². The van der Waals surface area contributed by atoms with Gasteiger partial charge in [0.1, 0.15) is 5.75 Å². The van der Waals surface area contributed by atoms with Gasteiger partial charge in [0.15, 0.2) is 0 Å². The number of carbonyl (C=O) groups excluding carboxylic acids is 1. The zero-order valence-electron chi connectivity index (χ0n) is 19.0. The van der Waals surface area contributed by atoms with Gasteiger partial charge in [-0.25, -0.2) is 0 Å². The van der Waals surface area contributed by atoms with E-state index in [0.717, 1.165) is 42.1 Å². The Kier molecular flexibility index (Phi) is 6.22. The summed E-state index contributed by atoms with van der Waals surface area (Å²) in [5, 5.41) is 3.03. The number of rotatable bonds is 6. The molecule has 1 fully saturated rings. The van der Waals surface area contributed by atoms with Crippen molar-refractivity contribution in [1.82, 2.24) is 9.88 Å². The lowest BCUT2D eigenvalue weighted by Gasteiger charge is -2.22. The molecule has 5 rings (SSSR count). The SMILES string of the molecule is COc1ccc(-c2ccc(C(=O)Nc3ccc4c(c3)CCC(CN3CCCC3)=C4)cn2)cc1. The molecule has 1 aromatic heterocycles. The van der Waals surface area contributed by atoms with Crippen LogP contribution in [0.25, 0.3) is 17.3 Å². The largest absolute Gasteiger partial charge is 0.497 e. The minimum Gasteiger partial charge on any atom is -0.497 e. The van der Waals surface area contributed by atoms with Crippen molar-refractivity contribution < 1.29 is 9.53 Å². The highest BCUT2D eigenvalue weighted by atomic mass is 16.5. The number of fused-ring (bicyclic) bond motifs is 1. The molecule has 0 unspecified atom stereocenters. The van der Waals surface area contributed by atoms with Crippen molar-refractivity contribution in [3.63, 3.8) is 0 Å². The molecule has 2 heterocycles. The van der Waals surface area contributed by atoms with E-state index in [1.54, 1.807) is 13.3 Å². The van der Waals surface area contributed by atoms with E-state index in [2.05, 4.69) is 33.4 Å². The highest BCUT2D eigenvalue weighted by Gasteiger charge is 2.17. The van der Waals surface area contributed by atoms with E-state index in [4.69, 9.17) is 4.74 Å². The Hall–Kier alpha value is -3.44. The third-order valence-electron chi connectivity index (χ3n) is 6.51. The Morgan fingerprint density at radius 3 is 2.58 bits per heavy atom. The molecule has 33 heavy (non-hydrogen) atoms. The molecule has 0 spiro atoms. The van der Waals surface area contributed by atoms with Crippen molar-refractivity contribution in [3.8, 4) is 17.0 Å². The molecule has 3 aromatic rings. The number of methoxy groups -OCH3 is 1. The monoisotopic (exact) mass is 439 g/mol. The Balaban J connectivity index is 1.24. The minimum atomic E-state index is -0.148. The smallest absolute Gasteiger partial charge is 0.257 e. The summed E-state index contributed by atoms with van der Waals surface area (Å²) in [6.45, 7) is 3.55. The first-order valence-electron chi connectivity index (χ1n) is 11.6. The van der Waals surface area contributed by atoms with Gasteiger partial charge in [0.05, 0.1) is 18.4 Å². The van der Waals surface area contributed by atoms with E-state index < -0.39 is 0 Å². The summed E-state index contributed by atoms with van der Waals surface area (Å²) in [6.07, 6.45) is 8.74. The van der Waals surface area contributed by atoms with E-state index >= 15 is 0 Å². The Morgan fingerprint density at radius 2 is 1.85 bits per heavy atom. The second-order valence-corrected chi connectivity index (χ2v) is 8.81. The predicted molar refractivity (Wildman–Crippen MR) is 133 cm³/mol. The quantitative estimate of drug-likeness (QED) is 0.556. The van der Waals surface area contributed by atoms with E-state index in [9.17, 15) is 4.79 Å². The number of hydrogen-bond acceptors (Lipinski definition) is 4. The zero-order valence-corrected chi connectivity index (χ0v) is 19.0. The zero-order chi connectivity index (χ0) is 22.6.